The highest BCUT2D eigenvalue weighted by molar-refractivity contribution is 5.75. The van der Waals surface area contributed by atoms with Crippen molar-refractivity contribution in [3.05, 3.63) is 41.9 Å². The maximum Gasteiger partial charge on any atom is 0.181 e. The van der Waals surface area contributed by atoms with E-state index in [0.29, 0.717) is 11.7 Å². The Hall–Kier alpha value is -2.31. The van der Waals surface area contributed by atoms with E-state index in [-0.39, 0.29) is 0 Å². The number of hydrogen-bond donors (Lipinski definition) is 2. The van der Waals surface area contributed by atoms with Crippen molar-refractivity contribution < 1.29 is 0 Å². The monoisotopic (exact) mass is 322 g/mol. The Kier molecular flexibility index (Phi) is 4.00. The summed E-state index contributed by atoms with van der Waals surface area (Å²) in [7, 11) is 0. The van der Waals surface area contributed by atoms with E-state index in [2.05, 4.69) is 62.2 Å². The van der Waals surface area contributed by atoms with Crippen LogP contribution in [0, 0.1) is 6.92 Å². The summed E-state index contributed by atoms with van der Waals surface area (Å²) in [6, 6.07) is 7.20. The highest BCUT2D eigenvalue weighted by atomic mass is 15.2. The highest BCUT2D eigenvalue weighted by Crippen LogP contribution is 2.24. The number of H-pyrrole nitrogens is 1. The lowest BCUT2D eigenvalue weighted by atomic mass is 10.0. The zero-order valence-electron chi connectivity index (χ0n) is 14.1. The summed E-state index contributed by atoms with van der Waals surface area (Å²) in [5.41, 5.74) is 5.26. The molecule has 6 nitrogen and oxygen atoms in total. The molecule has 24 heavy (non-hydrogen) atoms. The van der Waals surface area contributed by atoms with E-state index < -0.39 is 0 Å². The number of aromatic amines is 1. The van der Waals surface area contributed by atoms with Crippen molar-refractivity contribution in [2.75, 3.05) is 19.6 Å². The third-order valence-electron chi connectivity index (χ3n) is 4.73. The number of aromatic nitrogens is 4. The molecular formula is C18H22N6. The van der Waals surface area contributed by atoms with Crippen LogP contribution in [0.2, 0.25) is 0 Å². The largest absolute Gasteiger partial charge is 0.335 e. The molecular weight excluding hydrogens is 300 g/mol. The predicted octanol–water partition coefficient (Wildman–Crippen LogP) is 2.12. The fraction of sp³-hybridized carbons (Fsp3) is 0.389. The second kappa shape index (κ2) is 6.30. The van der Waals surface area contributed by atoms with Crippen LogP contribution < -0.4 is 5.32 Å². The van der Waals surface area contributed by atoms with Gasteiger partial charge in [-0.15, -0.1) is 0 Å². The fourth-order valence-corrected chi connectivity index (χ4v) is 3.33. The molecule has 1 saturated heterocycles. The maximum absolute atomic E-state index is 4.58. The van der Waals surface area contributed by atoms with Gasteiger partial charge in [0, 0.05) is 37.8 Å². The second-order valence-electron chi connectivity index (χ2n) is 6.52. The molecule has 1 unspecified atom stereocenters. The van der Waals surface area contributed by atoms with E-state index >= 15 is 0 Å². The Balaban J connectivity index is 1.59. The van der Waals surface area contributed by atoms with E-state index in [1.165, 1.54) is 17.5 Å². The molecule has 124 valence electrons. The number of piperazine rings is 1. The molecule has 0 radical (unpaired) electrons. The first-order valence-corrected chi connectivity index (χ1v) is 8.41. The van der Waals surface area contributed by atoms with Gasteiger partial charge in [0.25, 0.3) is 0 Å². The molecule has 1 aliphatic heterocycles. The molecule has 2 aromatic heterocycles. The summed E-state index contributed by atoms with van der Waals surface area (Å²) < 4.78 is 0. The van der Waals surface area contributed by atoms with Gasteiger partial charge in [0.1, 0.15) is 17.7 Å². The third-order valence-corrected chi connectivity index (χ3v) is 4.73. The Morgan fingerprint density at radius 3 is 3.04 bits per heavy atom. The van der Waals surface area contributed by atoms with Gasteiger partial charge < -0.3 is 10.3 Å². The molecule has 0 saturated carbocycles. The molecule has 0 spiro atoms. The van der Waals surface area contributed by atoms with Crippen LogP contribution in [0.4, 0.5) is 0 Å². The van der Waals surface area contributed by atoms with Gasteiger partial charge in [-0.25, -0.2) is 15.0 Å². The van der Waals surface area contributed by atoms with E-state index in [1.54, 1.807) is 6.20 Å². The smallest absolute Gasteiger partial charge is 0.181 e. The predicted molar refractivity (Wildman–Crippen MR) is 94.6 cm³/mol. The minimum absolute atomic E-state index is 0.577. The number of hydrogen-bond acceptors (Lipinski definition) is 5. The Bertz CT molecular complexity index is 823. The van der Waals surface area contributed by atoms with Gasteiger partial charge in [0.15, 0.2) is 5.65 Å². The van der Waals surface area contributed by atoms with Crippen LogP contribution in [0.5, 0.6) is 0 Å². The molecule has 1 fully saturated rings. The van der Waals surface area contributed by atoms with Crippen LogP contribution in [0.25, 0.3) is 22.6 Å². The second-order valence-corrected chi connectivity index (χ2v) is 6.52. The van der Waals surface area contributed by atoms with Crippen molar-refractivity contribution in [1.82, 2.24) is 30.2 Å². The first kappa shape index (κ1) is 15.2. The van der Waals surface area contributed by atoms with E-state index in [4.69, 9.17) is 0 Å². The van der Waals surface area contributed by atoms with Gasteiger partial charge in [0.2, 0.25) is 0 Å². The molecule has 6 heteroatoms. The summed E-state index contributed by atoms with van der Waals surface area (Å²) in [6.07, 6.45) is 3.28. The van der Waals surface area contributed by atoms with Gasteiger partial charge in [-0.05, 0) is 25.0 Å². The number of fused-ring (bicyclic) bond motifs is 1. The molecule has 4 rings (SSSR count). The molecule has 3 heterocycles. The normalized spacial score (nSPS) is 19.0. The number of nitrogens with zero attached hydrogens (tertiary/aromatic N) is 4. The first-order valence-electron chi connectivity index (χ1n) is 8.41. The Labute approximate surface area is 141 Å². The van der Waals surface area contributed by atoms with Gasteiger partial charge in [0.05, 0.1) is 6.20 Å². The number of imidazole rings is 1. The molecule has 3 aromatic rings. The minimum atomic E-state index is 0.577. The SMILES string of the molecule is Cc1cc(CN2CCNCC2C)ccc1-c1nc2ncncc2[nH]1. The first-order chi connectivity index (χ1) is 11.7. The number of aryl methyl sites for hydroxylation is 1. The third kappa shape index (κ3) is 2.90. The van der Waals surface area contributed by atoms with Crippen molar-refractivity contribution in [1.29, 1.82) is 0 Å². The lowest BCUT2D eigenvalue weighted by Crippen LogP contribution is -2.49. The summed E-state index contributed by atoms with van der Waals surface area (Å²) in [5.74, 6) is 0.852. The van der Waals surface area contributed by atoms with Crippen molar-refractivity contribution in [3.8, 4) is 11.4 Å². The zero-order valence-corrected chi connectivity index (χ0v) is 14.1. The van der Waals surface area contributed by atoms with Crippen molar-refractivity contribution in [2.45, 2.75) is 26.4 Å². The number of rotatable bonds is 3. The van der Waals surface area contributed by atoms with E-state index in [9.17, 15) is 0 Å². The van der Waals surface area contributed by atoms with Crippen molar-refractivity contribution in [2.24, 2.45) is 0 Å². The summed E-state index contributed by atoms with van der Waals surface area (Å²) in [4.78, 5) is 18.6. The quantitative estimate of drug-likeness (QED) is 0.773. The summed E-state index contributed by atoms with van der Waals surface area (Å²) in [6.45, 7) is 8.65. The number of nitrogens with one attached hydrogen (secondary N) is 2. The summed E-state index contributed by atoms with van der Waals surface area (Å²) in [5, 5.41) is 3.44. The minimum Gasteiger partial charge on any atom is -0.335 e. The van der Waals surface area contributed by atoms with Crippen LogP contribution in [-0.2, 0) is 6.54 Å². The lowest BCUT2D eigenvalue weighted by molar-refractivity contribution is 0.165. The molecule has 1 aromatic carbocycles. The lowest BCUT2D eigenvalue weighted by Gasteiger charge is -2.34. The average Bonchev–Trinajstić information content (AvgIpc) is 3.01. The van der Waals surface area contributed by atoms with E-state index in [1.807, 2.05) is 0 Å². The van der Waals surface area contributed by atoms with Gasteiger partial charge in [-0.2, -0.15) is 0 Å². The van der Waals surface area contributed by atoms with Gasteiger partial charge >= 0.3 is 0 Å². The Morgan fingerprint density at radius 2 is 2.25 bits per heavy atom. The highest BCUT2D eigenvalue weighted by Gasteiger charge is 2.18. The van der Waals surface area contributed by atoms with Crippen LogP contribution in [0.3, 0.4) is 0 Å². The Morgan fingerprint density at radius 1 is 1.33 bits per heavy atom. The van der Waals surface area contributed by atoms with Crippen LogP contribution in [-0.4, -0.2) is 50.5 Å². The topological polar surface area (TPSA) is 69.7 Å². The summed E-state index contributed by atoms with van der Waals surface area (Å²) >= 11 is 0. The van der Waals surface area contributed by atoms with Crippen LogP contribution in [0.15, 0.2) is 30.7 Å². The van der Waals surface area contributed by atoms with Crippen molar-refractivity contribution >= 4 is 11.2 Å². The number of benzene rings is 1. The van der Waals surface area contributed by atoms with E-state index in [0.717, 1.165) is 43.1 Å². The van der Waals surface area contributed by atoms with Crippen LogP contribution in [0.1, 0.15) is 18.1 Å². The molecule has 0 aliphatic carbocycles. The van der Waals surface area contributed by atoms with Gasteiger partial charge in [-0.1, -0.05) is 18.2 Å². The maximum atomic E-state index is 4.58. The molecule has 0 bridgehead atoms. The fourth-order valence-electron chi connectivity index (χ4n) is 3.33. The zero-order chi connectivity index (χ0) is 16.5. The molecule has 1 atom stereocenters. The average molecular weight is 322 g/mol. The molecule has 1 aliphatic rings. The van der Waals surface area contributed by atoms with Gasteiger partial charge in [-0.3, -0.25) is 4.90 Å². The molecule has 0 amide bonds. The van der Waals surface area contributed by atoms with Crippen LogP contribution >= 0.6 is 0 Å². The molecule has 2 N–H and O–H groups in total. The standard InChI is InChI=1S/C18H22N6/c1-12-7-14(10-24-6-5-19-8-13(24)2)3-4-15(12)17-22-16-9-20-11-21-18(16)23-17/h3-4,7,9,11,13,19H,5-6,8,10H2,1-2H3,(H,20,21,22,23). The van der Waals surface area contributed by atoms with Crippen molar-refractivity contribution in [3.63, 3.8) is 0 Å².